The summed E-state index contributed by atoms with van der Waals surface area (Å²) in [4.78, 5) is 26.7. The zero-order chi connectivity index (χ0) is 19.8. The van der Waals surface area contributed by atoms with Crippen LogP contribution >= 0.6 is 0 Å². The predicted molar refractivity (Wildman–Crippen MR) is 100 cm³/mol. The second-order valence-corrected chi connectivity index (χ2v) is 8.89. The van der Waals surface area contributed by atoms with Gasteiger partial charge in [-0.25, -0.2) is 4.79 Å². The standard InChI is InChI=1S/C21H24N2O6/c1-26-15-3-2-14-16(20(4-5-20)10-28-14)17(15)29-13-8-12(9-13)23-18(24)21(22-19(23)25)6-7-27-11-21/h2-3,12-13H,4-11H2,1H3,(H,22,25)/t12?,13?,21-/m0/s1. The van der Waals surface area contributed by atoms with Crippen LogP contribution in [0.4, 0.5) is 4.79 Å². The Morgan fingerprint density at radius 2 is 2.00 bits per heavy atom. The maximum Gasteiger partial charge on any atom is 0.325 e. The largest absolute Gasteiger partial charge is 0.493 e. The quantitative estimate of drug-likeness (QED) is 0.775. The SMILES string of the molecule is COc1ccc2c(c1OC1CC(N3C(=O)N[C@]4(CCOC4)C3=O)C1)C1(CC1)CO2. The number of benzene rings is 1. The molecule has 0 bridgehead atoms. The average Bonchev–Trinajstić information content (AvgIpc) is 3.03. The van der Waals surface area contributed by atoms with Crippen LogP contribution in [0.2, 0.25) is 0 Å². The molecule has 0 radical (unpaired) electrons. The van der Waals surface area contributed by atoms with Gasteiger partial charge in [-0.15, -0.1) is 0 Å². The first-order valence-electron chi connectivity index (χ1n) is 10.3. The van der Waals surface area contributed by atoms with Crippen molar-refractivity contribution in [1.29, 1.82) is 0 Å². The summed E-state index contributed by atoms with van der Waals surface area (Å²) in [5.74, 6) is 2.20. The van der Waals surface area contributed by atoms with Crippen LogP contribution in [0, 0.1) is 0 Å². The van der Waals surface area contributed by atoms with E-state index >= 15 is 0 Å². The Balaban J connectivity index is 1.19. The molecule has 2 aliphatic carbocycles. The van der Waals surface area contributed by atoms with Gasteiger partial charge in [0.2, 0.25) is 0 Å². The topological polar surface area (TPSA) is 86.3 Å². The first-order valence-corrected chi connectivity index (χ1v) is 10.3. The number of rotatable bonds is 4. The van der Waals surface area contributed by atoms with Gasteiger partial charge in [0.15, 0.2) is 11.5 Å². The van der Waals surface area contributed by atoms with Gasteiger partial charge in [-0.05, 0) is 25.0 Å². The molecular weight excluding hydrogens is 376 g/mol. The Kier molecular flexibility index (Phi) is 3.47. The Bertz CT molecular complexity index is 899. The van der Waals surface area contributed by atoms with Crippen molar-refractivity contribution in [3.05, 3.63) is 17.7 Å². The molecule has 1 atom stereocenters. The summed E-state index contributed by atoms with van der Waals surface area (Å²) in [6.07, 6.45) is 3.92. The lowest BCUT2D eigenvalue weighted by molar-refractivity contribution is -0.135. The third-order valence-electron chi connectivity index (χ3n) is 7.13. The maximum absolute atomic E-state index is 12.9. The van der Waals surface area contributed by atoms with Crippen LogP contribution in [0.15, 0.2) is 12.1 Å². The molecule has 3 heterocycles. The fraction of sp³-hybridized carbons (Fsp3) is 0.619. The Morgan fingerprint density at radius 1 is 1.17 bits per heavy atom. The minimum absolute atomic E-state index is 0.0613. The van der Waals surface area contributed by atoms with Crippen molar-refractivity contribution in [2.24, 2.45) is 0 Å². The Labute approximate surface area is 168 Å². The summed E-state index contributed by atoms with van der Waals surface area (Å²) in [5.41, 5.74) is 0.335. The zero-order valence-electron chi connectivity index (χ0n) is 16.4. The molecule has 3 aliphatic heterocycles. The number of amides is 3. The van der Waals surface area contributed by atoms with Crippen LogP contribution in [0.1, 0.15) is 37.7 Å². The van der Waals surface area contributed by atoms with Gasteiger partial charge in [-0.2, -0.15) is 0 Å². The molecule has 1 N–H and O–H groups in total. The number of hydrogen-bond donors (Lipinski definition) is 1. The van der Waals surface area contributed by atoms with Crippen molar-refractivity contribution in [3.63, 3.8) is 0 Å². The number of methoxy groups -OCH3 is 1. The average molecular weight is 400 g/mol. The highest BCUT2D eigenvalue weighted by Crippen LogP contribution is 2.60. The van der Waals surface area contributed by atoms with Crippen molar-refractivity contribution in [2.45, 2.75) is 55.2 Å². The Hall–Kier alpha value is -2.48. The molecule has 1 aromatic carbocycles. The molecule has 29 heavy (non-hydrogen) atoms. The highest BCUT2D eigenvalue weighted by atomic mass is 16.5. The van der Waals surface area contributed by atoms with E-state index in [4.69, 9.17) is 18.9 Å². The van der Waals surface area contributed by atoms with Crippen molar-refractivity contribution < 1.29 is 28.5 Å². The van der Waals surface area contributed by atoms with Gasteiger partial charge in [-0.3, -0.25) is 9.69 Å². The summed E-state index contributed by atoms with van der Waals surface area (Å²) >= 11 is 0. The molecule has 0 unspecified atom stereocenters. The van der Waals surface area contributed by atoms with Crippen molar-refractivity contribution in [2.75, 3.05) is 26.9 Å². The number of urea groups is 1. The first-order chi connectivity index (χ1) is 14.1. The van der Waals surface area contributed by atoms with E-state index in [1.165, 1.54) is 4.90 Å². The van der Waals surface area contributed by atoms with E-state index in [9.17, 15) is 9.59 Å². The third kappa shape index (κ3) is 2.35. The van der Waals surface area contributed by atoms with E-state index < -0.39 is 5.54 Å². The fourth-order valence-corrected chi connectivity index (χ4v) is 5.10. The van der Waals surface area contributed by atoms with E-state index in [-0.39, 0.29) is 36.1 Å². The van der Waals surface area contributed by atoms with Gasteiger partial charge in [0.05, 0.1) is 20.3 Å². The molecule has 1 aromatic rings. The summed E-state index contributed by atoms with van der Waals surface area (Å²) < 4.78 is 23.2. The molecular formula is C21H24N2O6. The fourth-order valence-electron chi connectivity index (χ4n) is 5.10. The number of nitrogens with one attached hydrogen (secondary N) is 1. The van der Waals surface area contributed by atoms with E-state index in [2.05, 4.69) is 5.32 Å². The summed E-state index contributed by atoms with van der Waals surface area (Å²) in [7, 11) is 1.64. The predicted octanol–water partition coefficient (Wildman–Crippen LogP) is 1.74. The van der Waals surface area contributed by atoms with Crippen molar-refractivity contribution in [3.8, 4) is 17.2 Å². The molecule has 6 rings (SSSR count). The number of carbonyl (C=O) groups excluding carboxylic acids is 2. The number of imide groups is 1. The Morgan fingerprint density at radius 3 is 2.69 bits per heavy atom. The molecule has 8 heteroatoms. The summed E-state index contributed by atoms with van der Waals surface area (Å²) in [6.45, 7) is 1.46. The monoisotopic (exact) mass is 400 g/mol. The van der Waals surface area contributed by atoms with Crippen LogP contribution in [0.3, 0.4) is 0 Å². The van der Waals surface area contributed by atoms with Gasteiger partial charge >= 0.3 is 6.03 Å². The second-order valence-electron chi connectivity index (χ2n) is 8.89. The molecule has 154 valence electrons. The molecule has 0 aromatic heterocycles. The van der Waals surface area contributed by atoms with Crippen LogP contribution in [-0.2, 0) is 14.9 Å². The second kappa shape index (κ2) is 5.78. The summed E-state index contributed by atoms with van der Waals surface area (Å²) in [5, 5.41) is 2.85. The molecule has 2 spiro atoms. The third-order valence-corrected chi connectivity index (χ3v) is 7.13. The van der Waals surface area contributed by atoms with Gasteiger partial charge in [0, 0.05) is 42.9 Å². The lowest BCUT2D eigenvalue weighted by Gasteiger charge is -2.40. The van der Waals surface area contributed by atoms with E-state index in [0.29, 0.717) is 38.2 Å². The van der Waals surface area contributed by atoms with Crippen LogP contribution in [-0.4, -0.2) is 61.5 Å². The van der Waals surface area contributed by atoms with Gasteiger partial charge in [-0.1, -0.05) is 0 Å². The van der Waals surface area contributed by atoms with E-state index in [1.54, 1.807) is 7.11 Å². The van der Waals surface area contributed by atoms with Gasteiger partial charge in [0.1, 0.15) is 17.4 Å². The number of carbonyl (C=O) groups is 2. The smallest absolute Gasteiger partial charge is 0.325 e. The number of nitrogens with zero attached hydrogens (tertiary/aromatic N) is 1. The van der Waals surface area contributed by atoms with Crippen molar-refractivity contribution in [1.82, 2.24) is 10.2 Å². The van der Waals surface area contributed by atoms with Gasteiger partial charge < -0.3 is 24.3 Å². The number of hydrogen-bond acceptors (Lipinski definition) is 6. The molecule has 3 amide bonds. The van der Waals surface area contributed by atoms with Gasteiger partial charge in [0.25, 0.3) is 5.91 Å². The van der Waals surface area contributed by atoms with Crippen molar-refractivity contribution >= 4 is 11.9 Å². The maximum atomic E-state index is 12.9. The zero-order valence-corrected chi connectivity index (χ0v) is 16.4. The lowest BCUT2D eigenvalue weighted by atomic mass is 9.86. The minimum atomic E-state index is -0.859. The molecule has 2 saturated heterocycles. The van der Waals surface area contributed by atoms with Crippen LogP contribution in [0.25, 0.3) is 0 Å². The molecule has 5 aliphatic rings. The highest BCUT2D eigenvalue weighted by Gasteiger charge is 2.58. The van der Waals surface area contributed by atoms with E-state index in [1.807, 2.05) is 12.1 Å². The number of fused-ring (bicyclic) bond motifs is 2. The van der Waals surface area contributed by atoms with Crippen LogP contribution < -0.4 is 19.5 Å². The molecule has 8 nitrogen and oxygen atoms in total. The van der Waals surface area contributed by atoms with Crippen LogP contribution in [0.5, 0.6) is 17.2 Å². The van der Waals surface area contributed by atoms with E-state index in [0.717, 1.165) is 29.9 Å². The molecule has 2 saturated carbocycles. The normalized spacial score (nSPS) is 33.5. The summed E-state index contributed by atoms with van der Waals surface area (Å²) in [6, 6.07) is 3.38. The first kappa shape index (κ1) is 17.4. The minimum Gasteiger partial charge on any atom is -0.493 e. The number of ether oxygens (including phenoxy) is 4. The molecule has 4 fully saturated rings. The highest BCUT2D eigenvalue weighted by molar-refractivity contribution is 6.07. The lowest BCUT2D eigenvalue weighted by Crippen LogP contribution is -2.53.